The van der Waals surface area contributed by atoms with Gasteiger partial charge >= 0.3 is 0 Å². The van der Waals surface area contributed by atoms with E-state index in [0.717, 1.165) is 9.87 Å². The van der Waals surface area contributed by atoms with Crippen LogP contribution in [0.1, 0.15) is 11.1 Å². The summed E-state index contributed by atoms with van der Waals surface area (Å²) < 4.78 is 55.6. The van der Waals surface area contributed by atoms with Crippen molar-refractivity contribution in [3.05, 3.63) is 102 Å². The fourth-order valence-electron chi connectivity index (χ4n) is 3.56. The maximum Gasteiger partial charge on any atom is 0.264 e. The predicted octanol–water partition coefficient (Wildman–Crippen LogP) is 3.73. The Morgan fingerprint density at radius 1 is 0.789 bits per heavy atom. The van der Waals surface area contributed by atoms with E-state index in [1.807, 2.05) is 6.92 Å². The first kappa shape index (κ1) is 26.8. The summed E-state index contributed by atoms with van der Waals surface area (Å²) in [6, 6.07) is 20.3. The van der Waals surface area contributed by atoms with Crippen molar-refractivity contribution in [2.24, 2.45) is 0 Å². The summed E-state index contributed by atoms with van der Waals surface area (Å²) in [5.41, 5.74) is 2.25. The fourth-order valence-corrected chi connectivity index (χ4v) is 6.00. The van der Waals surface area contributed by atoms with Crippen molar-refractivity contribution in [1.29, 1.82) is 0 Å². The normalized spacial score (nSPS) is 11.5. The molecule has 10 nitrogen and oxygen atoms in total. The average molecular weight is 552 g/mol. The molecule has 0 atom stereocenters. The van der Waals surface area contributed by atoms with Gasteiger partial charge < -0.3 is 5.32 Å². The number of amides is 1. The molecule has 0 fully saturated rings. The van der Waals surface area contributed by atoms with Crippen molar-refractivity contribution in [1.82, 2.24) is 9.97 Å². The number of rotatable bonds is 9. The molecule has 2 N–H and O–H groups in total. The largest absolute Gasteiger partial charge is 0.325 e. The van der Waals surface area contributed by atoms with Gasteiger partial charge in [-0.3, -0.25) is 9.10 Å². The van der Waals surface area contributed by atoms with Crippen molar-refractivity contribution in [3.8, 4) is 0 Å². The van der Waals surface area contributed by atoms with Crippen LogP contribution in [0.2, 0.25) is 0 Å². The highest BCUT2D eigenvalue weighted by Gasteiger charge is 2.28. The van der Waals surface area contributed by atoms with E-state index in [-0.39, 0.29) is 15.7 Å². The number of para-hydroxylation sites is 1. The molecule has 0 saturated carbocycles. The van der Waals surface area contributed by atoms with Crippen molar-refractivity contribution in [2.45, 2.75) is 23.6 Å². The molecule has 0 spiro atoms. The molecule has 0 saturated heterocycles. The molecule has 0 aliphatic rings. The smallest absolute Gasteiger partial charge is 0.264 e. The van der Waals surface area contributed by atoms with E-state index in [1.54, 1.807) is 49.4 Å². The molecule has 0 aliphatic carbocycles. The van der Waals surface area contributed by atoms with E-state index >= 15 is 0 Å². The number of aromatic nitrogens is 2. The van der Waals surface area contributed by atoms with Crippen LogP contribution in [0, 0.1) is 13.8 Å². The third kappa shape index (κ3) is 6.15. The summed E-state index contributed by atoms with van der Waals surface area (Å²) in [6.45, 7) is 3.12. The zero-order valence-corrected chi connectivity index (χ0v) is 22.2. The maximum absolute atomic E-state index is 13.6. The van der Waals surface area contributed by atoms with Gasteiger partial charge in [-0.2, -0.15) is 0 Å². The first-order chi connectivity index (χ1) is 18.1. The Kier molecular flexibility index (Phi) is 7.74. The van der Waals surface area contributed by atoms with E-state index in [9.17, 15) is 21.6 Å². The second-order valence-electron chi connectivity index (χ2n) is 8.36. The lowest BCUT2D eigenvalue weighted by Gasteiger charge is -2.25. The minimum absolute atomic E-state index is 0.0589. The molecule has 1 heterocycles. The summed E-state index contributed by atoms with van der Waals surface area (Å²) in [5.74, 6) is -0.675. The fraction of sp³-hybridized carbons (Fsp3) is 0.115. The van der Waals surface area contributed by atoms with Gasteiger partial charge in [0.1, 0.15) is 6.54 Å². The van der Waals surface area contributed by atoms with Gasteiger partial charge in [0.2, 0.25) is 11.9 Å². The van der Waals surface area contributed by atoms with Crippen LogP contribution in [-0.2, 0) is 24.8 Å². The number of sulfonamides is 2. The summed E-state index contributed by atoms with van der Waals surface area (Å²) >= 11 is 0. The molecule has 0 radical (unpaired) electrons. The van der Waals surface area contributed by atoms with E-state index in [0.29, 0.717) is 16.9 Å². The van der Waals surface area contributed by atoms with Crippen LogP contribution in [0.15, 0.2) is 101 Å². The van der Waals surface area contributed by atoms with Crippen LogP contribution in [0.3, 0.4) is 0 Å². The Bertz CT molecular complexity index is 1640. The van der Waals surface area contributed by atoms with E-state index in [2.05, 4.69) is 20.0 Å². The Morgan fingerprint density at radius 2 is 1.39 bits per heavy atom. The van der Waals surface area contributed by atoms with Gasteiger partial charge in [0.15, 0.2) is 0 Å². The molecular formula is C26H25N5O5S2. The molecule has 38 heavy (non-hydrogen) atoms. The predicted molar refractivity (Wildman–Crippen MR) is 145 cm³/mol. The number of hydrogen-bond donors (Lipinski definition) is 2. The number of hydrogen-bond acceptors (Lipinski definition) is 7. The van der Waals surface area contributed by atoms with Gasteiger partial charge in [0.05, 0.1) is 15.5 Å². The number of benzene rings is 3. The summed E-state index contributed by atoms with van der Waals surface area (Å²) in [7, 11) is -8.01. The molecule has 1 aromatic heterocycles. The summed E-state index contributed by atoms with van der Waals surface area (Å²) in [4.78, 5) is 20.7. The van der Waals surface area contributed by atoms with Gasteiger partial charge in [0, 0.05) is 18.1 Å². The Balaban J connectivity index is 1.54. The number of carbonyl (C=O) groups excluding carboxylic acids is 1. The highest BCUT2D eigenvalue weighted by Crippen LogP contribution is 2.27. The lowest BCUT2D eigenvalue weighted by molar-refractivity contribution is -0.114. The van der Waals surface area contributed by atoms with E-state index in [4.69, 9.17) is 0 Å². The molecule has 4 aromatic rings. The molecule has 1 amide bonds. The molecule has 3 aromatic carbocycles. The van der Waals surface area contributed by atoms with Gasteiger partial charge in [0.25, 0.3) is 20.0 Å². The molecule has 0 aliphatic heterocycles. The molecule has 4 rings (SSSR count). The van der Waals surface area contributed by atoms with Crippen molar-refractivity contribution in [2.75, 3.05) is 20.9 Å². The van der Waals surface area contributed by atoms with Gasteiger partial charge in [-0.15, -0.1) is 0 Å². The molecule has 0 unspecified atom stereocenters. The Morgan fingerprint density at radius 3 is 2.03 bits per heavy atom. The number of carbonyl (C=O) groups is 1. The standard InChI is InChI=1S/C26H25N5O5S2/c1-19-8-12-23(13-9-19)38(35,36)31(24-7-4-3-6-20(24)2)18-25(32)29-21-10-14-22(15-11-21)37(33,34)30-26-27-16-5-17-28-26/h3-17H,18H2,1-2H3,(H,29,32)(H,27,28,30). The molecule has 12 heteroatoms. The zero-order valence-electron chi connectivity index (χ0n) is 20.6. The lowest BCUT2D eigenvalue weighted by Crippen LogP contribution is -2.38. The van der Waals surface area contributed by atoms with Crippen molar-refractivity contribution >= 4 is 43.3 Å². The van der Waals surface area contributed by atoms with Crippen molar-refractivity contribution in [3.63, 3.8) is 0 Å². The number of aryl methyl sites for hydroxylation is 2. The second-order valence-corrected chi connectivity index (χ2v) is 11.9. The number of nitrogens with one attached hydrogen (secondary N) is 2. The maximum atomic E-state index is 13.6. The second kappa shape index (κ2) is 11.0. The lowest BCUT2D eigenvalue weighted by atomic mass is 10.2. The van der Waals surface area contributed by atoms with Crippen LogP contribution in [0.5, 0.6) is 0 Å². The van der Waals surface area contributed by atoms with Gasteiger partial charge in [-0.1, -0.05) is 35.9 Å². The highest BCUT2D eigenvalue weighted by atomic mass is 32.2. The van der Waals surface area contributed by atoms with E-state index < -0.39 is 32.5 Å². The van der Waals surface area contributed by atoms with Crippen LogP contribution in [0.25, 0.3) is 0 Å². The van der Waals surface area contributed by atoms with E-state index in [1.165, 1.54) is 48.8 Å². The topological polar surface area (TPSA) is 138 Å². The minimum atomic E-state index is -4.06. The van der Waals surface area contributed by atoms with Gasteiger partial charge in [-0.25, -0.2) is 31.5 Å². The van der Waals surface area contributed by atoms with Crippen LogP contribution >= 0.6 is 0 Å². The molecular weight excluding hydrogens is 526 g/mol. The Labute approximate surface area is 221 Å². The molecule has 0 bridgehead atoms. The Hall–Kier alpha value is -4.29. The summed E-state index contributed by atoms with van der Waals surface area (Å²) in [6.07, 6.45) is 2.81. The van der Waals surface area contributed by atoms with Crippen LogP contribution < -0.4 is 14.3 Å². The minimum Gasteiger partial charge on any atom is -0.325 e. The third-order valence-electron chi connectivity index (χ3n) is 5.52. The first-order valence-corrected chi connectivity index (χ1v) is 14.3. The van der Waals surface area contributed by atoms with Gasteiger partial charge in [-0.05, 0) is 67.9 Å². The number of anilines is 3. The quantitative estimate of drug-likeness (QED) is 0.323. The monoisotopic (exact) mass is 551 g/mol. The summed E-state index contributed by atoms with van der Waals surface area (Å²) in [5, 5.41) is 2.64. The first-order valence-electron chi connectivity index (χ1n) is 11.4. The molecule has 196 valence electrons. The van der Waals surface area contributed by atoms with Crippen molar-refractivity contribution < 1.29 is 21.6 Å². The third-order valence-corrected chi connectivity index (χ3v) is 8.64. The highest BCUT2D eigenvalue weighted by molar-refractivity contribution is 7.93. The average Bonchev–Trinajstić information content (AvgIpc) is 2.89. The van der Waals surface area contributed by atoms with Crippen LogP contribution in [-0.4, -0.2) is 39.3 Å². The zero-order chi connectivity index (χ0) is 27.3. The van der Waals surface area contributed by atoms with Crippen LogP contribution in [0.4, 0.5) is 17.3 Å². The number of nitrogens with zero attached hydrogens (tertiary/aromatic N) is 3. The SMILES string of the molecule is Cc1ccc(S(=O)(=O)N(CC(=O)Nc2ccc(S(=O)(=O)Nc3ncccn3)cc2)c2ccccc2C)cc1.